The number of nitrogens with one attached hydrogen (secondary N) is 1. The van der Waals surface area contributed by atoms with Gasteiger partial charge in [-0.05, 0) is 12.5 Å². The summed E-state index contributed by atoms with van der Waals surface area (Å²) >= 11 is 3.66. The number of carbonyl (C=O) groups excluding carboxylic acids is 3. The molecule has 3 aromatic rings. The first-order valence-corrected chi connectivity index (χ1v) is 15.2. The van der Waals surface area contributed by atoms with Gasteiger partial charge in [-0.1, -0.05) is 16.9 Å². The van der Waals surface area contributed by atoms with Crippen molar-refractivity contribution in [2.75, 3.05) is 17.2 Å². The van der Waals surface area contributed by atoms with Crippen molar-refractivity contribution in [2.24, 2.45) is 19.3 Å². The maximum atomic E-state index is 13.2. The van der Waals surface area contributed by atoms with Crippen LogP contribution in [-0.2, 0) is 38.1 Å². The van der Waals surface area contributed by atoms with Gasteiger partial charge in [-0.3, -0.25) is 14.5 Å². The van der Waals surface area contributed by atoms with Crippen LogP contribution < -0.4 is 20.7 Å². The maximum absolute atomic E-state index is 13.2. The molecule has 0 spiro atoms. The van der Waals surface area contributed by atoms with Gasteiger partial charge >= 0.3 is 5.97 Å². The molecule has 3 atom stereocenters. The summed E-state index contributed by atoms with van der Waals surface area (Å²) in [6.07, 6.45) is 2.43. The molecule has 5 heterocycles. The Morgan fingerprint density at radius 3 is 2.83 bits per heavy atom. The fourth-order valence-electron chi connectivity index (χ4n) is 4.28. The van der Waals surface area contributed by atoms with Crippen molar-refractivity contribution in [3.05, 3.63) is 40.8 Å². The van der Waals surface area contributed by atoms with E-state index in [0.717, 1.165) is 27.3 Å². The summed E-state index contributed by atoms with van der Waals surface area (Å²) in [6.45, 7) is 1.22. The number of anilines is 1. The van der Waals surface area contributed by atoms with Crippen molar-refractivity contribution >= 4 is 80.5 Å². The molecule has 0 radical (unpaired) electrons. The van der Waals surface area contributed by atoms with Crippen molar-refractivity contribution in [2.45, 2.75) is 29.6 Å². The zero-order valence-corrected chi connectivity index (χ0v) is 24.8. The van der Waals surface area contributed by atoms with Crippen molar-refractivity contribution in [1.82, 2.24) is 24.8 Å². The predicted octanol–water partition coefficient (Wildman–Crippen LogP) is -1.17. The highest BCUT2D eigenvalue weighted by Gasteiger charge is 2.53. The third-order valence-electron chi connectivity index (χ3n) is 6.45. The molecule has 2 aliphatic rings. The second-order valence-electron chi connectivity index (χ2n) is 9.32. The molecule has 5 rings (SSSR count). The monoisotopic (exact) mass is 632 g/mol. The minimum Gasteiger partial charge on any atom is -0.543 e. The third kappa shape index (κ3) is 5.51. The number of hydrogen-bond donors (Lipinski definition) is 3. The summed E-state index contributed by atoms with van der Waals surface area (Å²) in [7, 11) is 3.76. The van der Waals surface area contributed by atoms with Crippen LogP contribution in [0.3, 0.4) is 0 Å². The molecule has 4 N–H and O–H groups in total. The molecule has 15 nitrogen and oxygen atoms in total. The van der Waals surface area contributed by atoms with Crippen LogP contribution in [0, 0.1) is 0 Å². The first-order chi connectivity index (χ1) is 20.0. The fourth-order valence-corrected chi connectivity index (χ4v) is 7.30. The Morgan fingerprint density at radius 1 is 1.40 bits per heavy atom. The number of aryl methyl sites for hydroxylation is 2. The number of β-lactam (4-membered cyclic amide) rings is 1. The molecule has 0 aromatic carbocycles. The Kier molecular flexibility index (Phi) is 8.11. The van der Waals surface area contributed by atoms with E-state index in [1.165, 1.54) is 35.8 Å². The largest absolute Gasteiger partial charge is 0.543 e. The normalized spacial score (nSPS) is 19.4. The van der Waals surface area contributed by atoms with Crippen molar-refractivity contribution < 1.29 is 38.8 Å². The van der Waals surface area contributed by atoms with E-state index in [2.05, 4.69) is 20.4 Å². The number of carboxylic acids is 2. The molecule has 18 heteroatoms. The Balaban J connectivity index is 1.32. The van der Waals surface area contributed by atoms with Gasteiger partial charge in [0.25, 0.3) is 11.8 Å². The third-order valence-corrected chi connectivity index (χ3v) is 9.58. The Labute approximate surface area is 250 Å². The number of pyridine rings is 1. The minimum atomic E-state index is -1.50. The van der Waals surface area contributed by atoms with Gasteiger partial charge < -0.3 is 35.5 Å². The summed E-state index contributed by atoms with van der Waals surface area (Å²) < 4.78 is 3.79. The lowest BCUT2D eigenvalue weighted by atomic mass is 10.0. The molecule has 1 fully saturated rings. The van der Waals surface area contributed by atoms with E-state index >= 15 is 0 Å². The van der Waals surface area contributed by atoms with E-state index < -0.39 is 41.3 Å². The van der Waals surface area contributed by atoms with E-state index in [9.17, 15) is 24.3 Å². The number of nitrogen functional groups attached to an aromatic ring is 1. The van der Waals surface area contributed by atoms with Crippen molar-refractivity contribution in [3.63, 3.8) is 0 Å². The molecule has 1 unspecified atom stereocenters. The van der Waals surface area contributed by atoms with Gasteiger partial charge in [0.2, 0.25) is 6.10 Å². The van der Waals surface area contributed by atoms with E-state index in [0.29, 0.717) is 10.7 Å². The highest BCUT2D eigenvalue weighted by Crippen LogP contribution is 2.41. The molecular formula is C24H24N8O7S3. The Bertz CT molecular complexity index is 1680. The van der Waals surface area contributed by atoms with Crippen LogP contribution in [0.15, 0.2) is 45.4 Å². The number of fused-ring (bicyclic) bond motifs is 2. The number of carboxylic acid groups (broad SMARTS) is 2. The predicted molar refractivity (Wildman–Crippen MR) is 151 cm³/mol. The average molecular weight is 633 g/mol. The van der Waals surface area contributed by atoms with Crippen molar-refractivity contribution in [3.8, 4) is 0 Å². The summed E-state index contributed by atoms with van der Waals surface area (Å²) in [5, 5.41) is 29.0. The minimum absolute atomic E-state index is 0.0258. The fraction of sp³-hybridized carbons (Fsp3) is 0.333. The van der Waals surface area contributed by atoms with Gasteiger partial charge in [0.05, 0.1) is 17.2 Å². The number of hydrogen-bond acceptors (Lipinski definition) is 13. The summed E-state index contributed by atoms with van der Waals surface area (Å²) in [4.78, 5) is 64.3. The number of nitrogens with two attached hydrogens (primary N) is 1. The molecule has 1 saturated heterocycles. The van der Waals surface area contributed by atoms with Crippen LogP contribution in [0.1, 0.15) is 12.6 Å². The van der Waals surface area contributed by atoms with E-state index in [4.69, 9.17) is 15.7 Å². The number of thioether (sulfide) groups is 2. The highest BCUT2D eigenvalue weighted by atomic mass is 32.2. The molecule has 2 amide bonds. The van der Waals surface area contributed by atoms with E-state index in [1.807, 2.05) is 41.7 Å². The van der Waals surface area contributed by atoms with Crippen LogP contribution in [0.25, 0.3) is 11.0 Å². The summed E-state index contributed by atoms with van der Waals surface area (Å²) in [5.41, 5.74) is 7.29. The molecular weight excluding hydrogens is 609 g/mol. The molecule has 3 aromatic heterocycles. The number of imidazole rings is 1. The second kappa shape index (κ2) is 11.6. The van der Waals surface area contributed by atoms with E-state index in [-0.39, 0.29) is 33.7 Å². The van der Waals surface area contributed by atoms with Gasteiger partial charge in [-0.15, -0.1) is 23.1 Å². The number of aliphatic carboxylic acids is 2. The number of thiazole rings is 1. The van der Waals surface area contributed by atoms with Crippen LogP contribution in [0.2, 0.25) is 0 Å². The number of carbonyl (C=O) groups is 4. The standard InChI is InChI=1S/C24H24N8O7S3/c1-10(21(35)36)39-29-15(13-9-41-23(25)26-13)18(33)28-16-19(34)32-17(22(37)38)11(7-40-20(16)32)8-42-24-27-12-6-30(2)5-4-14(12)31(24)3/h4-6,9-10,16,20H,7-8H2,1-3H3,(H4-,25,26,28,33,35,36,37,38)/b29-15+/t10-,16?,20+/m0/s1. The molecule has 0 aliphatic carbocycles. The quantitative estimate of drug-likeness (QED) is 0.0794. The number of rotatable bonds is 10. The lowest BCUT2D eigenvalue weighted by Gasteiger charge is -2.50. The van der Waals surface area contributed by atoms with Gasteiger partial charge in [-0.25, -0.2) is 19.3 Å². The number of nitrogens with zero attached hydrogens (tertiary/aromatic N) is 6. The zero-order chi connectivity index (χ0) is 30.3. The molecule has 0 bridgehead atoms. The lowest BCUT2D eigenvalue weighted by molar-refractivity contribution is -0.670. The first-order valence-electron chi connectivity index (χ1n) is 12.3. The maximum Gasteiger partial charge on any atom is 0.347 e. The van der Waals surface area contributed by atoms with Crippen LogP contribution in [0.4, 0.5) is 5.13 Å². The molecule has 2 aliphatic heterocycles. The topological polar surface area (TPSA) is 209 Å². The zero-order valence-electron chi connectivity index (χ0n) is 22.3. The van der Waals surface area contributed by atoms with Crippen LogP contribution in [0.5, 0.6) is 0 Å². The number of oxime groups is 1. The Hall–Kier alpha value is -4.16. The molecule has 220 valence electrons. The Morgan fingerprint density at radius 2 is 2.17 bits per heavy atom. The van der Waals surface area contributed by atoms with Gasteiger partial charge in [0.1, 0.15) is 24.2 Å². The summed E-state index contributed by atoms with van der Waals surface area (Å²) in [6, 6.07) is 0.856. The lowest BCUT2D eigenvalue weighted by Crippen LogP contribution is -2.71. The molecule has 42 heavy (non-hydrogen) atoms. The molecule has 0 saturated carbocycles. The summed E-state index contributed by atoms with van der Waals surface area (Å²) in [5.74, 6) is -3.78. The van der Waals surface area contributed by atoms with Gasteiger partial charge in [0.15, 0.2) is 33.9 Å². The van der Waals surface area contributed by atoms with Crippen molar-refractivity contribution in [1.29, 1.82) is 0 Å². The smallest absolute Gasteiger partial charge is 0.347 e. The first kappa shape index (κ1) is 29.3. The van der Waals surface area contributed by atoms with Crippen LogP contribution >= 0.6 is 34.9 Å². The SMILES string of the molecule is C[C@H](O/N=C(/C(=O)NC1C(=O)N2C(C(=O)[O-])=C(CSc3nc4c[n+](C)ccc4n3C)CS[C@H]12)c1csc(N)n1)C(=O)O. The van der Waals surface area contributed by atoms with Crippen LogP contribution in [-0.4, -0.2) is 83.0 Å². The van der Waals surface area contributed by atoms with Gasteiger partial charge in [0, 0.05) is 30.0 Å². The van der Waals surface area contributed by atoms with E-state index in [1.54, 1.807) is 0 Å². The second-order valence-corrected chi connectivity index (χ2v) is 12.3. The number of aromatic nitrogens is 4. The number of amides is 2. The van der Waals surface area contributed by atoms with Gasteiger partial charge in [-0.2, -0.15) is 0 Å². The highest BCUT2D eigenvalue weighted by molar-refractivity contribution is 8.01. The average Bonchev–Trinajstić information content (AvgIpc) is 3.51.